The minimum atomic E-state index is 0.0648. The van der Waals surface area contributed by atoms with Crippen molar-refractivity contribution in [3.63, 3.8) is 0 Å². The second-order valence-electron chi connectivity index (χ2n) is 5.38. The van der Waals surface area contributed by atoms with Gasteiger partial charge >= 0.3 is 0 Å². The van der Waals surface area contributed by atoms with Crippen LogP contribution in [0.15, 0.2) is 18.2 Å². The summed E-state index contributed by atoms with van der Waals surface area (Å²) in [6.07, 6.45) is 0.0648. The Bertz CT molecular complexity index is 500. The summed E-state index contributed by atoms with van der Waals surface area (Å²) in [6.45, 7) is 9.13. The van der Waals surface area contributed by atoms with Crippen molar-refractivity contribution in [2.24, 2.45) is 5.73 Å². The highest BCUT2D eigenvalue weighted by atomic mass is 16.5. The van der Waals surface area contributed by atoms with Crippen molar-refractivity contribution < 1.29 is 9.53 Å². The topological polar surface area (TPSA) is 58.8 Å². The Morgan fingerprint density at radius 2 is 2.14 bits per heavy atom. The highest BCUT2D eigenvalue weighted by Gasteiger charge is 2.25. The lowest BCUT2D eigenvalue weighted by Gasteiger charge is -2.35. The van der Waals surface area contributed by atoms with Gasteiger partial charge < -0.3 is 20.3 Å². The number of nitrogens with zero attached hydrogens (tertiary/aromatic N) is 2. The Kier molecular flexibility index (Phi) is 5.07. The number of hydrogen-bond acceptors (Lipinski definition) is 4. The molecule has 1 unspecified atom stereocenters. The van der Waals surface area contributed by atoms with Crippen LogP contribution >= 0.6 is 0 Å². The first-order valence-corrected chi connectivity index (χ1v) is 7.61. The third kappa shape index (κ3) is 3.47. The van der Waals surface area contributed by atoms with Gasteiger partial charge in [-0.25, -0.2) is 0 Å². The number of fused-ring (bicyclic) bond motifs is 1. The fourth-order valence-electron chi connectivity index (χ4n) is 2.69. The summed E-state index contributed by atoms with van der Waals surface area (Å²) in [5.74, 6) is 0.979. The maximum absolute atomic E-state index is 12.3. The third-order valence-corrected chi connectivity index (χ3v) is 3.85. The fourth-order valence-corrected chi connectivity index (χ4v) is 2.69. The van der Waals surface area contributed by atoms with Crippen molar-refractivity contribution in [1.29, 1.82) is 0 Å². The Balaban J connectivity index is 2.20. The molecule has 0 radical (unpaired) electrons. The number of carbonyl (C=O) groups excluding carboxylic acids is 1. The van der Waals surface area contributed by atoms with E-state index >= 15 is 0 Å². The van der Waals surface area contributed by atoms with Crippen LogP contribution in [0.5, 0.6) is 5.75 Å². The van der Waals surface area contributed by atoms with Crippen LogP contribution in [0.3, 0.4) is 0 Å². The number of benzene rings is 1. The summed E-state index contributed by atoms with van der Waals surface area (Å²) >= 11 is 0. The second-order valence-corrected chi connectivity index (χ2v) is 5.38. The van der Waals surface area contributed by atoms with Crippen LogP contribution in [0, 0.1) is 0 Å². The molecule has 5 nitrogen and oxygen atoms in total. The average molecular weight is 291 g/mol. The van der Waals surface area contributed by atoms with Crippen molar-refractivity contribution in [1.82, 2.24) is 4.90 Å². The maximum Gasteiger partial charge on any atom is 0.242 e. The molecule has 0 fully saturated rings. The minimum absolute atomic E-state index is 0.0648. The van der Waals surface area contributed by atoms with Gasteiger partial charge in [-0.3, -0.25) is 4.79 Å². The Hall–Kier alpha value is -1.75. The van der Waals surface area contributed by atoms with E-state index in [2.05, 4.69) is 4.90 Å². The molecule has 1 aromatic carbocycles. The Morgan fingerprint density at radius 1 is 1.43 bits per heavy atom. The molecule has 0 bridgehead atoms. The number of rotatable bonds is 5. The van der Waals surface area contributed by atoms with Crippen LogP contribution in [0.1, 0.15) is 26.3 Å². The smallest absolute Gasteiger partial charge is 0.242 e. The zero-order valence-electron chi connectivity index (χ0n) is 13.1. The van der Waals surface area contributed by atoms with Crippen molar-refractivity contribution in [2.75, 3.05) is 31.1 Å². The summed E-state index contributed by atoms with van der Waals surface area (Å²) in [6, 6.07) is 5.96. The van der Waals surface area contributed by atoms with Gasteiger partial charge in [0.1, 0.15) is 11.9 Å². The molecule has 0 aromatic heterocycles. The van der Waals surface area contributed by atoms with Gasteiger partial charge in [0.25, 0.3) is 0 Å². The van der Waals surface area contributed by atoms with Gasteiger partial charge in [-0.1, -0.05) is 6.07 Å². The van der Waals surface area contributed by atoms with Crippen molar-refractivity contribution >= 4 is 11.6 Å². The molecule has 1 aromatic rings. The van der Waals surface area contributed by atoms with E-state index < -0.39 is 0 Å². The molecule has 21 heavy (non-hydrogen) atoms. The maximum atomic E-state index is 12.3. The minimum Gasteiger partial charge on any atom is -0.487 e. The number of likely N-dealkylation sites (N-methyl/N-ethyl adjacent to an activating group) is 1. The Morgan fingerprint density at radius 3 is 2.76 bits per heavy atom. The van der Waals surface area contributed by atoms with Gasteiger partial charge in [0.2, 0.25) is 5.91 Å². The van der Waals surface area contributed by atoms with Gasteiger partial charge in [-0.15, -0.1) is 0 Å². The zero-order valence-corrected chi connectivity index (χ0v) is 13.1. The first-order valence-electron chi connectivity index (χ1n) is 7.61. The molecule has 2 rings (SSSR count). The van der Waals surface area contributed by atoms with Crippen LogP contribution in [0.25, 0.3) is 0 Å². The zero-order chi connectivity index (χ0) is 15.4. The van der Waals surface area contributed by atoms with Gasteiger partial charge in [0, 0.05) is 19.6 Å². The van der Waals surface area contributed by atoms with Crippen LogP contribution in [0.2, 0.25) is 0 Å². The highest BCUT2D eigenvalue weighted by Crippen LogP contribution is 2.34. The first kappa shape index (κ1) is 15.6. The molecule has 2 N–H and O–H groups in total. The number of ether oxygens (including phenoxy) is 1. The lowest BCUT2D eigenvalue weighted by molar-refractivity contribution is -0.129. The second kappa shape index (κ2) is 6.80. The van der Waals surface area contributed by atoms with E-state index in [4.69, 9.17) is 10.5 Å². The number of hydrogen-bond donors (Lipinski definition) is 1. The molecule has 1 amide bonds. The molecule has 0 aliphatic carbocycles. The van der Waals surface area contributed by atoms with Crippen LogP contribution in [-0.4, -0.2) is 43.1 Å². The molecule has 0 spiro atoms. The SMILES string of the molecule is CCN(CC)C(=O)CN1CC(C)Oc2cc(CN)ccc21. The third-order valence-electron chi connectivity index (χ3n) is 3.85. The highest BCUT2D eigenvalue weighted by molar-refractivity contribution is 5.82. The van der Waals surface area contributed by atoms with E-state index in [-0.39, 0.29) is 12.0 Å². The van der Waals surface area contributed by atoms with Gasteiger partial charge in [-0.2, -0.15) is 0 Å². The van der Waals surface area contributed by atoms with E-state index in [1.54, 1.807) is 0 Å². The normalized spacial score (nSPS) is 17.1. The largest absolute Gasteiger partial charge is 0.487 e. The van der Waals surface area contributed by atoms with Crippen LogP contribution in [-0.2, 0) is 11.3 Å². The monoisotopic (exact) mass is 291 g/mol. The summed E-state index contributed by atoms with van der Waals surface area (Å²) in [7, 11) is 0. The molecule has 1 aliphatic rings. The average Bonchev–Trinajstić information content (AvgIpc) is 2.47. The van der Waals surface area contributed by atoms with E-state index in [0.717, 1.165) is 36.6 Å². The summed E-state index contributed by atoms with van der Waals surface area (Å²) < 4.78 is 5.88. The standard InChI is InChI=1S/C16H25N3O2/c1-4-18(5-2)16(20)11-19-10-12(3)21-15-8-13(9-17)6-7-14(15)19/h6-8,12H,4-5,9-11,17H2,1-3H3. The van der Waals surface area contributed by atoms with E-state index in [1.165, 1.54) is 0 Å². The number of nitrogens with two attached hydrogens (primary N) is 1. The molecular weight excluding hydrogens is 266 g/mol. The van der Waals surface area contributed by atoms with Crippen molar-refractivity contribution in [3.05, 3.63) is 23.8 Å². The summed E-state index contributed by atoms with van der Waals surface area (Å²) in [4.78, 5) is 16.3. The van der Waals surface area contributed by atoms with E-state index in [1.807, 2.05) is 43.9 Å². The van der Waals surface area contributed by atoms with E-state index in [0.29, 0.717) is 13.1 Å². The molecule has 0 saturated heterocycles. The fraction of sp³-hybridized carbons (Fsp3) is 0.562. The number of amides is 1. The lowest BCUT2D eigenvalue weighted by atomic mass is 10.1. The predicted octanol–water partition coefficient (Wildman–Crippen LogP) is 1.60. The molecule has 0 saturated carbocycles. The number of carbonyl (C=O) groups is 1. The van der Waals surface area contributed by atoms with Crippen molar-refractivity contribution in [3.8, 4) is 5.75 Å². The summed E-state index contributed by atoms with van der Waals surface area (Å²) in [5, 5.41) is 0. The predicted molar refractivity (Wildman–Crippen MR) is 84.6 cm³/mol. The molecule has 116 valence electrons. The summed E-state index contributed by atoms with van der Waals surface area (Å²) in [5.41, 5.74) is 7.70. The van der Waals surface area contributed by atoms with Crippen LogP contribution in [0.4, 0.5) is 5.69 Å². The van der Waals surface area contributed by atoms with Gasteiger partial charge in [0.15, 0.2) is 0 Å². The lowest BCUT2D eigenvalue weighted by Crippen LogP contribution is -2.45. The van der Waals surface area contributed by atoms with Crippen molar-refractivity contribution in [2.45, 2.75) is 33.4 Å². The van der Waals surface area contributed by atoms with E-state index in [9.17, 15) is 4.79 Å². The molecular formula is C16H25N3O2. The molecule has 5 heteroatoms. The molecule has 1 atom stereocenters. The molecule has 1 aliphatic heterocycles. The Labute approximate surface area is 126 Å². The van der Waals surface area contributed by atoms with Gasteiger partial charge in [-0.05, 0) is 38.5 Å². The van der Waals surface area contributed by atoms with Gasteiger partial charge in [0.05, 0.1) is 18.8 Å². The molecule has 1 heterocycles. The number of anilines is 1. The quantitative estimate of drug-likeness (QED) is 0.895. The van der Waals surface area contributed by atoms with Crippen LogP contribution < -0.4 is 15.4 Å². The first-order chi connectivity index (χ1) is 10.1.